The molecule has 0 aliphatic carbocycles. The highest BCUT2D eigenvalue weighted by Gasteiger charge is 2.26. The summed E-state index contributed by atoms with van der Waals surface area (Å²) in [7, 11) is 0. The van der Waals surface area contributed by atoms with Gasteiger partial charge in [0.2, 0.25) is 5.91 Å². The lowest BCUT2D eigenvalue weighted by Crippen LogP contribution is -2.54. The van der Waals surface area contributed by atoms with Crippen molar-refractivity contribution in [1.29, 1.82) is 0 Å². The number of carbonyl (C=O) groups excluding carboxylic acids is 2. The van der Waals surface area contributed by atoms with E-state index in [0.29, 0.717) is 24.5 Å². The highest BCUT2D eigenvalue weighted by Crippen LogP contribution is 2.12. The van der Waals surface area contributed by atoms with Crippen LogP contribution in [0.2, 0.25) is 5.02 Å². The fourth-order valence-corrected chi connectivity index (χ4v) is 2.66. The van der Waals surface area contributed by atoms with Crippen LogP contribution in [0.5, 0.6) is 0 Å². The predicted molar refractivity (Wildman–Crippen MR) is 90.2 cm³/mol. The molecule has 5 nitrogen and oxygen atoms in total. The largest absolute Gasteiger partial charge is 0.385 e. The van der Waals surface area contributed by atoms with Gasteiger partial charge in [0.05, 0.1) is 6.04 Å². The van der Waals surface area contributed by atoms with Crippen LogP contribution in [0, 0.1) is 0 Å². The lowest BCUT2D eigenvalue weighted by atomic mass is 10.1. The minimum absolute atomic E-state index is 0.0158. The second-order valence-electron chi connectivity index (χ2n) is 5.60. The molecule has 1 amide bonds. The number of rotatable bonds is 6. The van der Waals surface area contributed by atoms with Crippen molar-refractivity contribution in [2.24, 2.45) is 0 Å². The molecule has 0 saturated carbocycles. The average molecular weight is 337 g/mol. The Morgan fingerprint density at radius 1 is 1.57 bits per heavy atom. The summed E-state index contributed by atoms with van der Waals surface area (Å²) < 4.78 is 0. The van der Waals surface area contributed by atoms with Crippen LogP contribution in [-0.4, -0.2) is 53.5 Å². The number of amides is 1. The molecule has 1 heterocycles. The van der Waals surface area contributed by atoms with E-state index in [-0.39, 0.29) is 17.7 Å². The molecule has 0 bridgehead atoms. The summed E-state index contributed by atoms with van der Waals surface area (Å²) in [5.74, 6) is -0.364. The zero-order valence-electron chi connectivity index (χ0n) is 13.0. The van der Waals surface area contributed by atoms with E-state index in [2.05, 4.69) is 5.32 Å². The van der Waals surface area contributed by atoms with Crippen LogP contribution in [0.25, 0.3) is 6.08 Å². The van der Waals surface area contributed by atoms with Crippen LogP contribution in [0.3, 0.4) is 0 Å². The van der Waals surface area contributed by atoms with E-state index in [0.717, 1.165) is 12.1 Å². The van der Waals surface area contributed by atoms with Crippen LogP contribution in [0.1, 0.15) is 18.9 Å². The molecule has 2 atom stereocenters. The third kappa shape index (κ3) is 5.16. The molecule has 2 N–H and O–H groups in total. The molecule has 1 fully saturated rings. The van der Waals surface area contributed by atoms with Crippen molar-refractivity contribution in [2.75, 3.05) is 19.6 Å². The number of benzene rings is 1. The standard InChI is InChI=1S/C17H21ClN2O3/c1-12-17(23)19-8-10-20(12)9-7-16(22)15(21)6-5-13-3-2-4-14(18)11-13/h2-6,11-12,16,22H,7-10H2,1H3,(H,19,23)/b6-5+/t12-,16?/m0/s1. The number of carbonyl (C=O) groups is 2. The lowest BCUT2D eigenvalue weighted by Gasteiger charge is -2.32. The number of hydrogen-bond acceptors (Lipinski definition) is 4. The van der Waals surface area contributed by atoms with Gasteiger partial charge in [-0.2, -0.15) is 0 Å². The molecule has 6 heteroatoms. The summed E-state index contributed by atoms with van der Waals surface area (Å²) in [6.07, 6.45) is 2.23. The quantitative estimate of drug-likeness (QED) is 0.772. The highest BCUT2D eigenvalue weighted by molar-refractivity contribution is 6.30. The van der Waals surface area contributed by atoms with Crippen LogP contribution in [0.4, 0.5) is 0 Å². The number of ketones is 1. The van der Waals surface area contributed by atoms with E-state index in [9.17, 15) is 14.7 Å². The molecular weight excluding hydrogens is 316 g/mol. The number of aliphatic hydroxyl groups is 1. The first-order valence-electron chi connectivity index (χ1n) is 7.64. The van der Waals surface area contributed by atoms with E-state index in [1.165, 1.54) is 6.08 Å². The monoisotopic (exact) mass is 336 g/mol. The molecule has 1 aromatic rings. The summed E-state index contributed by atoms with van der Waals surface area (Å²) in [5, 5.41) is 13.4. The Bertz CT molecular complexity index is 603. The Morgan fingerprint density at radius 2 is 2.35 bits per heavy atom. The number of hydrogen-bond donors (Lipinski definition) is 2. The molecular formula is C17H21ClN2O3. The van der Waals surface area contributed by atoms with Gasteiger partial charge in [-0.1, -0.05) is 29.8 Å². The number of aliphatic hydroxyl groups excluding tert-OH is 1. The molecule has 23 heavy (non-hydrogen) atoms. The van der Waals surface area contributed by atoms with Gasteiger partial charge in [0.15, 0.2) is 5.78 Å². The first-order valence-corrected chi connectivity index (χ1v) is 8.02. The van der Waals surface area contributed by atoms with Crippen LogP contribution >= 0.6 is 11.6 Å². The molecule has 1 saturated heterocycles. The van der Waals surface area contributed by atoms with Crippen molar-refractivity contribution in [1.82, 2.24) is 10.2 Å². The number of nitrogens with one attached hydrogen (secondary N) is 1. The third-order valence-corrected chi connectivity index (χ3v) is 4.17. The first kappa shape index (κ1) is 17.7. The third-order valence-electron chi connectivity index (χ3n) is 3.93. The van der Waals surface area contributed by atoms with Gasteiger partial charge in [-0.25, -0.2) is 0 Å². The van der Waals surface area contributed by atoms with E-state index in [1.807, 2.05) is 17.9 Å². The summed E-state index contributed by atoms with van der Waals surface area (Å²) in [5.41, 5.74) is 0.805. The summed E-state index contributed by atoms with van der Waals surface area (Å²) in [6, 6.07) is 6.90. The Morgan fingerprint density at radius 3 is 3.09 bits per heavy atom. The van der Waals surface area contributed by atoms with Crippen molar-refractivity contribution in [3.8, 4) is 0 Å². The normalized spacial score (nSPS) is 20.5. The van der Waals surface area contributed by atoms with Crippen molar-refractivity contribution in [2.45, 2.75) is 25.5 Å². The topological polar surface area (TPSA) is 69.6 Å². The Balaban J connectivity index is 1.84. The van der Waals surface area contributed by atoms with Gasteiger partial charge in [-0.05, 0) is 37.1 Å². The van der Waals surface area contributed by atoms with Gasteiger partial charge < -0.3 is 10.4 Å². The van der Waals surface area contributed by atoms with Gasteiger partial charge in [-0.3, -0.25) is 14.5 Å². The van der Waals surface area contributed by atoms with Crippen molar-refractivity contribution < 1.29 is 14.7 Å². The molecule has 0 spiro atoms. The molecule has 0 radical (unpaired) electrons. The maximum Gasteiger partial charge on any atom is 0.237 e. The minimum atomic E-state index is -1.07. The van der Waals surface area contributed by atoms with Crippen LogP contribution < -0.4 is 5.32 Å². The SMILES string of the molecule is C[C@H]1C(=O)NCCN1CCC(O)C(=O)/C=C/c1cccc(Cl)c1. The molecule has 1 unspecified atom stereocenters. The second kappa shape index (κ2) is 8.24. The summed E-state index contributed by atoms with van der Waals surface area (Å²) in [6.45, 7) is 3.66. The van der Waals surface area contributed by atoms with E-state index < -0.39 is 6.10 Å². The van der Waals surface area contributed by atoms with Gasteiger partial charge in [0, 0.05) is 24.7 Å². The van der Waals surface area contributed by atoms with E-state index in [1.54, 1.807) is 24.3 Å². The van der Waals surface area contributed by atoms with Gasteiger partial charge in [-0.15, -0.1) is 0 Å². The molecule has 0 aromatic heterocycles. The Labute approximate surface area is 140 Å². The maximum absolute atomic E-state index is 12.0. The zero-order valence-corrected chi connectivity index (χ0v) is 13.8. The van der Waals surface area contributed by atoms with Crippen molar-refractivity contribution in [3.63, 3.8) is 0 Å². The van der Waals surface area contributed by atoms with E-state index >= 15 is 0 Å². The maximum atomic E-state index is 12.0. The van der Waals surface area contributed by atoms with E-state index in [4.69, 9.17) is 11.6 Å². The Kier molecular flexibility index (Phi) is 6.33. The molecule has 1 aliphatic heterocycles. The molecule has 1 aromatic carbocycles. The number of nitrogens with zero attached hydrogens (tertiary/aromatic N) is 1. The molecule has 124 valence electrons. The van der Waals surface area contributed by atoms with Crippen molar-refractivity contribution >= 4 is 29.4 Å². The fourth-order valence-electron chi connectivity index (χ4n) is 2.47. The number of halogens is 1. The minimum Gasteiger partial charge on any atom is -0.385 e. The second-order valence-corrected chi connectivity index (χ2v) is 6.03. The fraction of sp³-hybridized carbons (Fsp3) is 0.412. The van der Waals surface area contributed by atoms with Gasteiger partial charge in [0.1, 0.15) is 6.10 Å². The van der Waals surface area contributed by atoms with Crippen molar-refractivity contribution in [3.05, 3.63) is 40.9 Å². The van der Waals surface area contributed by atoms with Gasteiger partial charge >= 0.3 is 0 Å². The zero-order chi connectivity index (χ0) is 16.8. The van der Waals surface area contributed by atoms with Gasteiger partial charge in [0.25, 0.3) is 0 Å². The molecule has 2 rings (SSSR count). The summed E-state index contributed by atoms with van der Waals surface area (Å²) >= 11 is 5.88. The highest BCUT2D eigenvalue weighted by atomic mass is 35.5. The molecule has 1 aliphatic rings. The smallest absolute Gasteiger partial charge is 0.237 e. The predicted octanol–water partition coefficient (Wildman–Crippen LogP) is 1.49. The summed E-state index contributed by atoms with van der Waals surface area (Å²) in [4.78, 5) is 25.5. The average Bonchev–Trinajstić information content (AvgIpc) is 2.53. The lowest BCUT2D eigenvalue weighted by molar-refractivity contribution is -0.128. The number of piperazine rings is 1. The van der Waals surface area contributed by atoms with Crippen LogP contribution in [-0.2, 0) is 9.59 Å². The first-order chi connectivity index (χ1) is 11.0. The van der Waals surface area contributed by atoms with Crippen LogP contribution in [0.15, 0.2) is 30.3 Å². The Hall–Kier alpha value is -1.69.